The highest BCUT2D eigenvalue weighted by atomic mass is 32.2. The second-order valence-electron chi connectivity index (χ2n) is 6.07. The Morgan fingerprint density at radius 3 is 3.05 bits per heavy atom. The minimum Gasteiger partial charge on any atom is -0.355 e. The van der Waals surface area contributed by atoms with Crippen LogP contribution in [0.5, 0.6) is 0 Å². The van der Waals surface area contributed by atoms with Crippen molar-refractivity contribution in [1.29, 1.82) is 0 Å². The molecule has 0 aliphatic carbocycles. The highest BCUT2D eigenvalue weighted by Crippen LogP contribution is 2.50. The Kier molecular flexibility index (Phi) is 4.14. The molecule has 0 bridgehead atoms. The Hall–Kier alpha value is -1.53. The van der Waals surface area contributed by atoms with E-state index in [2.05, 4.69) is 12.2 Å². The van der Waals surface area contributed by atoms with Gasteiger partial charge >= 0.3 is 0 Å². The van der Waals surface area contributed by atoms with Gasteiger partial charge in [-0.3, -0.25) is 14.8 Å². The van der Waals surface area contributed by atoms with Crippen molar-refractivity contribution in [3.8, 4) is 0 Å². The van der Waals surface area contributed by atoms with Crippen LogP contribution in [0.25, 0.3) is 0 Å². The lowest BCUT2D eigenvalue weighted by Gasteiger charge is -2.40. The van der Waals surface area contributed by atoms with Gasteiger partial charge in [0, 0.05) is 17.0 Å². The molecule has 2 aliphatic rings. The maximum absolute atomic E-state index is 12.6. The fourth-order valence-corrected chi connectivity index (χ4v) is 4.88. The van der Waals surface area contributed by atoms with E-state index in [0.717, 1.165) is 42.7 Å². The van der Waals surface area contributed by atoms with E-state index in [1.54, 1.807) is 23.3 Å². The molecule has 1 saturated heterocycles. The average Bonchev–Trinajstić information content (AvgIpc) is 2.70. The normalized spacial score (nSPS) is 27.7. The Morgan fingerprint density at radius 1 is 1.45 bits per heavy atom. The Bertz CT molecular complexity index is 619. The molecule has 3 N–H and O–H groups in total. The van der Waals surface area contributed by atoms with Crippen LogP contribution < -0.4 is 10.8 Å². The van der Waals surface area contributed by atoms with Crippen LogP contribution in [-0.4, -0.2) is 28.3 Å². The molecule has 2 amide bonds. The summed E-state index contributed by atoms with van der Waals surface area (Å²) in [6, 6.07) is 5.39. The number of amides is 2. The topological polar surface area (TPSA) is 78.4 Å². The number of thioether (sulfide) groups is 1. The van der Waals surface area contributed by atoms with Gasteiger partial charge in [-0.1, -0.05) is 6.92 Å². The van der Waals surface area contributed by atoms with Crippen molar-refractivity contribution in [3.05, 3.63) is 29.3 Å². The lowest BCUT2D eigenvalue weighted by Crippen LogP contribution is -2.49. The van der Waals surface area contributed by atoms with Crippen LogP contribution in [0.15, 0.2) is 23.1 Å². The van der Waals surface area contributed by atoms with Crippen LogP contribution in [-0.2, 0) is 11.2 Å². The number of rotatable bonds is 1. The second kappa shape index (κ2) is 5.93. The molecule has 1 fully saturated rings. The van der Waals surface area contributed by atoms with E-state index in [9.17, 15) is 9.59 Å². The summed E-state index contributed by atoms with van der Waals surface area (Å²) in [6.07, 6.45) is 3.74. The minimum atomic E-state index is -0.507. The fraction of sp³-hybridized carbons (Fsp3) is 0.500. The maximum Gasteiger partial charge on any atom is 0.274 e. The largest absolute Gasteiger partial charge is 0.355 e. The summed E-state index contributed by atoms with van der Waals surface area (Å²) in [5, 5.41) is 11.8. The summed E-state index contributed by atoms with van der Waals surface area (Å²) >= 11 is 1.63. The van der Waals surface area contributed by atoms with Crippen LogP contribution in [0, 0.1) is 5.92 Å². The summed E-state index contributed by atoms with van der Waals surface area (Å²) in [4.78, 5) is 25.2. The van der Waals surface area contributed by atoms with Crippen molar-refractivity contribution in [1.82, 2.24) is 10.8 Å². The summed E-state index contributed by atoms with van der Waals surface area (Å²) < 4.78 is -0.399. The van der Waals surface area contributed by atoms with Gasteiger partial charge in [0.2, 0.25) is 5.91 Å². The van der Waals surface area contributed by atoms with Gasteiger partial charge in [-0.05, 0) is 55.4 Å². The first-order valence-corrected chi connectivity index (χ1v) is 8.43. The maximum atomic E-state index is 12.6. The third-order valence-corrected chi connectivity index (χ3v) is 6.46. The molecule has 118 valence electrons. The average molecular weight is 320 g/mol. The van der Waals surface area contributed by atoms with Crippen LogP contribution in [0.4, 0.5) is 0 Å². The SMILES string of the molecule is CC1Cc2cc(C(=O)NO)ccc2SC12CCCCNC2=O. The van der Waals surface area contributed by atoms with E-state index in [1.807, 2.05) is 12.1 Å². The minimum absolute atomic E-state index is 0.144. The van der Waals surface area contributed by atoms with Crippen LogP contribution in [0.2, 0.25) is 0 Å². The predicted molar refractivity (Wildman–Crippen MR) is 84.0 cm³/mol. The summed E-state index contributed by atoms with van der Waals surface area (Å²) in [6.45, 7) is 2.87. The number of nitrogens with one attached hydrogen (secondary N) is 2. The molecule has 3 rings (SSSR count). The molecule has 5 nitrogen and oxygen atoms in total. The van der Waals surface area contributed by atoms with E-state index in [4.69, 9.17) is 5.21 Å². The number of fused-ring (bicyclic) bond motifs is 1. The lowest BCUT2D eigenvalue weighted by molar-refractivity contribution is -0.124. The van der Waals surface area contributed by atoms with Crippen molar-refractivity contribution >= 4 is 23.6 Å². The van der Waals surface area contributed by atoms with E-state index >= 15 is 0 Å². The molecular weight excluding hydrogens is 300 g/mol. The molecule has 2 heterocycles. The Labute approximate surface area is 133 Å². The first-order valence-electron chi connectivity index (χ1n) is 7.61. The van der Waals surface area contributed by atoms with Gasteiger partial charge in [0.1, 0.15) is 4.75 Å². The van der Waals surface area contributed by atoms with E-state index < -0.39 is 10.7 Å². The summed E-state index contributed by atoms with van der Waals surface area (Å²) in [7, 11) is 0. The predicted octanol–water partition coefficient (Wildman–Crippen LogP) is 2.13. The third-order valence-electron chi connectivity index (χ3n) is 4.68. The third kappa shape index (κ3) is 2.50. The number of hydroxylamine groups is 1. The molecule has 22 heavy (non-hydrogen) atoms. The van der Waals surface area contributed by atoms with Gasteiger partial charge in [0.05, 0.1) is 0 Å². The lowest BCUT2D eigenvalue weighted by atomic mass is 9.83. The summed E-state index contributed by atoms with van der Waals surface area (Å²) in [5.74, 6) is -0.159. The Morgan fingerprint density at radius 2 is 2.27 bits per heavy atom. The first kappa shape index (κ1) is 15.4. The van der Waals surface area contributed by atoms with Crippen LogP contribution in [0.1, 0.15) is 42.1 Å². The van der Waals surface area contributed by atoms with Crippen LogP contribution in [0.3, 0.4) is 0 Å². The number of hydrogen-bond acceptors (Lipinski definition) is 4. The molecule has 2 atom stereocenters. The molecule has 6 heteroatoms. The Balaban J connectivity index is 1.95. The highest BCUT2D eigenvalue weighted by molar-refractivity contribution is 8.01. The fourth-order valence-electron chi connectivity index (χ4n) is 3.38. The molecular formula is C16H20N2O3S. The monoisotopic (exact) mass is 320 g/mol. The highest BCUT2D eigenvalue weighted by Gasteiger charge is 2.47. The zero-order chi connectivity index (χ0) is 15.7. The molecule has 1 aromatic carbocycles. The van der Waals surface area contributed by atoms with Crippen molar-refractivity contribution < 1.29 is 14.8 Å². The van der Waals surface area contributed by atoms with Gasteiger partial charge in [0.25, 0.3) is 5.91 Å². The second-order valence-corrected chi connectivity index (χ2v) is 7.45. The van der Waals surface area contributed by atoms with Crippen LogP contribution >= 0.6 is 11.8 Å². The molecule has 0 saturated carbocycles. The van der Waals surface area contributed by atoms with E-state index in [0.29, 0.717) is 5.56 Å². The zero-order valence-corrected chi connectivity index (χ0v) is 13.3. The van der Waals surface area contributed by atoms with Gasteiger partial charge in [-0.15, -0.1) is 11.8 Å². The molecule has 1 aromatic rings. The van der Waals surface area contributed by atoms with Crippen molar-refractivity contribution in [2.75, 3.05) is 6.54 Å². The van der Waals surface area contributed by atoms with Gasteiger partial charge in [0.15, 0.2) is 0 Å². The number of hydrogen-bond donors (Lipinski definition) is 3. The number of carbonyl (C=O) groups is 2. The molecule has 2 aliphatic heterocycles. The molecule has 0 radical (unpaired) electrons. The molecule has 1 spiro atoms. The first-order chi connectivity index (χ1) is 10.6. The smallest absolute Gasteiger partial charge is 0.274 e. The zero-order valence-electron chi connectivity index (χ0n) is 12.5. The number of benzene rings is 1. The van der Waals surface area contributed by atoms with Crippen molar-refractivity contribution in [2.45, 2.75) is 42.2 Å². The quantitative estimate of drug-likeness (QED) is 0.547. The van der Waals surface area contributed by atoms with E-state index in [1.165, 1.54) is 0 Å². The van der Waals surface area contributed by atoms with Gasteiger partial charge in [-0.25, -0.2) is 5.48 Å². The summed E-state index contributed by atoms with van der Waals surface area (Å²) in [5.41, 5.74) is 3.17. The van der Waals surface area contributed by atoms with Crippen molar-refractivity contribution in [2.24, 2.45) is 5.92 Å². The standard InChI is InChI=1S/C16H20N2O3S/c1-10-8-12-9-11(14(19)18-21)4-5-13(12)22-16(10)6-2-3-7-17-15(16)20/h4-5,9-10,21H,2-3,6-8H2,1H3,(H,17,20)(H,18,19). The van der Waals surface area contributed by atoms with Gasteiger partial charge < -0.3 is 5.32 Å². The van der Waals surface area contributed by atoms with E-state index in [-0.39, 0.29) is 11.8 Å². The number of carbonyl (C=O) groups excluding carboxylic acids is 2. The molecule has 2 unspecified atom stereocenters. The molecule has 0 aromatic heterocycles. The van der Waals surface area contributed by atoms with Gasteiger partial charge in [-0.2, -0.15) is 0 Å². The van der Waals surface area contributed by atoms with Crippen molar-refractivity contribution in [3.63, 3.8) is 0 Å².